The maximum Gasteiger partial charge on any atom is 0.180 e. The third kappa shape index (κ3) is 1.44. The second kappa shape index (κ2) is 3.75. The number of aromatic nitrogens is 4. The topological polar surface area (TPSA) is 44.9 Å². The van der Waals surface area contributed by atoms with E-state index in [9.17, 15) is 0 Å². The van der Waals surface area contributed by atoms with Gasteiger partial charge in [0.1, 0.15) is 5.82 Å². The Hall–Kier alpha value is -1.62. The van der Waals surface area contributed by atoms with E-state index in [1.165, 1.54) is 0 Å². The Balaban J connectivity index is 2.09. The molecule has 16 heavy (non-hydrogen) atoms. The highest BCUT2D eigenvalue weighted by atomic mass is 16.5. The molecule has 1 aliphatic heterocycles. The van der Waals surface area contributed by atoms with E-state index in [2.05, 4.69) is 25.4 Å². The predicted octanol–water partition coefficient (Wildman–Crippen LogP) is 0.856. The Kier molecular flexibility index (Phi) is 2.25. The van der Waals surface area contributed by atoms with E-state index < -0.39 is 0 Å². The Labute approximate surface area is 93.7 Å². The zero-order valence-corrected chi connectivity index (χ0v) is 9.26. The predicted molar refractivity (Wildman–Crippen MR) is 59.0 cm³/mol. The van der Waals surface area contributed by atoms with E-state index in [-0.39, 0.29) is 0 Å². The molecule has 0 amide bonds. The monoisotopic (exact) mass is 218 g/mol. The number of nitrogens with zero attached hydrogens (tertiary/aromatic N) is 4. The average Bonchev–Trinajstić information content (AvgIpc) is 2.78. The molecule has 3 heterocycles. The molecule has 0 aromatic carbocycles. The van der Waals surface area contributed by atoms with Crippen LogP contribution < -0.4 is 0 Å². The molecule has 0 aliphatic carbocycles. The summed E-state index contributed by atoms with van der Waals surface area (Å²) >= 11 is 0. The third-order valence-corrected chi connectivity index (χ3v) is 2.93. The molecule has 0 unspecified atom stereocenters. The highest BCUT2D eigenvalue weighted by Crippen LogP contribution is 2.19. The van der Waals surface area contributed by atoms with Gasteiger partial charge in [-0.05, 0) is 12.1 Å². The van der Waals surface area contributed by atoms with Crippen molar-refractivity contribution < 1.29 is 4.74 Å². The third-order valence-electron chi connectivity index (χ3n) is 2.93. The van der Waals surface area contributed by atoms with Gasteiger partial charge in [-0.2, -0.15) is 0 Å². The van der Waals surface area contributed by atoms with Gasteiger partial charge in [-0.3, -0.25) is 0 Å². The highest BCUT2D eigenvalue weighted by Gasteiger charge is 2.17. The average molecular weight is 218 g/mol. The van der Waals surface area contributed by atoms with Crippen LogP contribution in [0.2, 0.25) is 0 Å². The van der Waals surface area contributed by atoms with Gasteiger partial charge in [0.2, 0.25) is 0 Å². The standard InChI is InChI=1S/C11H14N4O/c1-14-5-2-3-9(14)11-13-12-10-4-7-16-8-6-15(10)11/h2-3,5H,4,6-8H2,1H3. The molecule has 0 spiro atoms. The van der Waals surface area contributed by atoms with Gasteiger partial charge in [0, 0.05) is 26.2 Å². The zero-order chi connectivity index (χ0) is 11.0. The van der Waals surface area contributed by atoms with Gasteiger partial charge in [0.25, 0.3) is 0 Å². The number of aryl methyl sites for hydroxylation is 1. The minimum Gasteiger partial charge on any atom is -0.379 e. The number of fused-ring (bicyclic) bond motifs is 1. The minimum absolute atomic E-state index is 0.739. The quantitative estimate of drug-likeness (QED) is 0.713. The number of rotatable bonds is 1. The molecule has 0 fully saturated rings. The van der Waals surface area contributed by atoms with E-state index in [0.29, 0.717) is 0 Å². The van der Waals surface area contributed by atoms with Crippen molar-refractivity contribution in [2.45, 2.75) is 13.0 Å². The fraction of sp³-hybridized carbons (Fsp3) is 0.455. The molecule has 5 nitrogen and oxygen atoms in total. The van der Waals surface area contributed by atoms with Crippen LogP contribution >= 0.6 is 0 Å². The fourth-order valence-corrected chi connectivity index (χ4v) is 2.06. The molecule has 3 rings (SSSR count). The van der Waals surface area contributed by atoms with Gasteiger partial charge >= 0.3 is 0 Å². The van der Waals surface area contributed by atoms with Crippen molar-refractivity contribution in [3.8, 4) is 11.5 Å². The summed E-state index contributed by atoms with van der Waals surface area (Å²) in [4.78, 5) is 0. The van der Waals surface area contributed by atoms with Gasteiger partial charge < -0.3 is 13.9 Å². The summed E-state index contributed by atoms with van der Waals surface area (Å²) in [6.45, 7) is 2.32. The summed E-state index contributed by atoms with van der Waals surface area (Å²) in [5, 5.41) is 8.51. The van der Waals surface area contributed by atoms with Gasteiger partial charge in [-0.25, -0.2) is 0 Å². The number of hydrogen-bond acceptors (Lipinski definition) is 3. The maximum absolute atomic E-state index is 5.44. The minimum atomic E-state index is 0.739. The van der Waals surface area contributed by atoms with Gasteiger partial charge in [-0.15, -0.1) is 10.2 Å². The maximum atomic E-state index is 5.44. The van der Waals surface area contributed by atoms with Crippen molar-refractivity contribution in [3.05, 3.63) is 24.2 Å². The van der Waals surface area contributed by atoms with Gasteiger partial charge in [-0.1, -0.05) is 0 Å². The van der Waals surface area contributed by atoms with Crippen LogP contribution in [-0.2, 0) is 24.8 Å². The smallest absolute Gasteiger partial charge is 0.180 e. The Morgan fingerprint density at radius 3 is 3.06 bits per heavy atom. The van der Waals surface area contributed by atoms with Crippen LogP contribution in [0.3, 0.4) is 0 Å². The van der Waals surface area contributed by atoms with E-state index in [4.69, 9.17) is 4.74 Å². The van der Waals surface area contributed by atoms with Crippen LogP contribution in [0, 0.1) is 0 Å². The molecular formula is C11H14N4O. The lowest BCUT2D eigenvalue weighted by Crippen LogP contribution is -2.07. The first kappa shape index (κ1) is 9.59. The largest absolute Gasteiger partial charge is 0.379 e. The normalized spacial score (nSPS) is 15.8. The molecular weight excluding hydrogens is 204 g/mol. The van der Waals surface area contributed by atoms with Crippen molar-refractivity contribution in [2.24, 2.45) is 7.05 Å². The summed E-state index contributed by atoms with van der Waals surface area (Å²) in [7, 11) is 2.02. The van der Waals surface area contributed by atoms with Crippen LogP contribution in [-0.4, -0.2) is 32.5 Å². The molecule has 0 bridgehead atoms. The van der Waals surface area contributed by atoms with E-state index in [0.717, 1.165) is 43.5 Å². The van der Waals surface area contributed by atoms with E-state index in [1.807, 2.05) is 19.3 Å². The zero-order valence-electron chi connectivity index (χ0n) is 9.26. The van der Waals surface area contributed by atoms with Crippen molar-refractivity contribution in [3.63, 3.8) is 0 Å². The van der Waals surface area contributed by atoms with E-state index >= 15 is 0 Å². The van der Waals surface area contributed by atoms with Crippen LogP contribution in [0.25, 0.3) is 11.5 Å². The molecule has 0 atom stereocenters. The summed E-state index contributed by atoms with van der Waals surface area (Å²) in [5.41, 5.74) is 1.10. The molecule has 0 saturated carbocycles. The van der Waals surface area contributed by atoms with Crippen LogP contribution in [0.5, 0.6) is 0 Å². The molecule has 5 heteroatoms. The lowest BCUT2D eigenvalue weighted by Gasteiger charge is -2.06. The summed E-state index contributed by atoms with van der Waals surface area (Å²) in [6.07, 6.45) is 2.86. The Morgan fingerprint density at radius 1 is 1.31 bits per heavy atom. The Morgan fingerprint density at radius 2 is 2.25 bits per heavy atom. The second-order valence-electron chi connectivity index (χ2n) is 3.96. The van der Waals surface area contributed by atoms with Crippen LogP contribution in [0.15, 0.2) is 18.3 Å². The molecule has 2 aromatic rings. The second-order valence-corrected chi connectivity index (χ2v) is 3.96. The summed E-state index contributed by atoms with van der Waals surface area (Å²) < 4.78 is 9.66. The van der Waals surface area contributed by atoms with Crippen LogP contribution in [0.1, 0.15) is 5.82 Å². The fourth-order valence-electron chi connectivity index (χ4n) is 2.06. The first-order valence-electron chi connectivity index (χ1n) is 5.48. The lowest BCUT2D eigenvalue weighted by atomic mass is 10.3. The Bertz CT molecular complexity index is 500. The molecule has 0 saturated heterocycles. The van der Waals surface area contributed by atoms with Gasteiger partial charge in [0.05, 0.1) is 18.9 Å². The number of hydrogen-bond donors (Lipinski definition) is 0. The molecule has 0 N–H and O–H groups in total. The first-order chi connectivity index (χ1) is 7.86. The molecule has 84 valence electrons. The first-order valence-corrected chi connectivity index (χ1v) is 5.48. The van der Waals surface area contributed by atoms with E-state index in [1.54, 1.807) is 0 Å². The van der Waals surface area contributed by atoms with Crippen molar-refractivity contribution in [2.75, 3.05) is 13.2 Å². The van der Waals surface area contributed by atoms with Crippen molar-refractivity contribution in [1.29, 1.82) is 0 Å². The number of ether oxygens (including phenoxy) is 1. The highest BCUT2D eigenvalue weighted by molar-refractivity contribution is 5.50. The van der Waals surface area contributed by atoms with Crippen molar-refractivity contribution >= 4 is 0 Å². The van der Waals surface area contributed by atoms with Crippen molar-refractivity contribution in [1.82, 2.24) is 19.3 Å². The van der Waals surface area contributed by atoms with Crippen LogP contribution in [0.4, 0.5) is 0 Å². The molecule has 0 radical (unpaired) electrons. The molecule has 1 aliphatic rings. The summed E-state index contributed by atoms with van der Waals surface area (Å²) in [6, 6.07) is 4.08. The lowest BCUT2D eigenvalue weighted by molar-refractivity contribution is 0.140. The summed E-state index contributed by atoms with van der Waals surface area (Å²) in [5.74, 6) is 1.96. The van der Waals surface area contributed by atoms with Gasteiger partial charge in [0.15, 0.2) is 5.82 Å². The molecule has 2 aromatic heterocycles. The SMILES string of the molecule is Cn1cccc1-c1nnc2n1CCOCC2.